The Labute approximate surface area is 114 Å². The molecule has 19 heavy (non-hydrogen) atoms. The van der Waals surface area contributed by atoms with E-state index in [1.807, 2.05) is 6.07 Å². The maximum atomic E-state index is 11.1. The highest BCUT2D eigenvalue weighted by Crippen LogP contribution is 2.45. The summed E-state index contributed by atoms with van der Waals surface area (Å²) in [7, 11) is 0. The van der Waals surface area contributed by atoms with Gasteiger partial charge in [-0.3, -0.25) is 4.79 Å². The highest BCUT2D eigenvalue weighted by molar-refractivity contribution is 5.90. The molecule has 1 N–H and O–H groups in total. The van der Waals surface area contributed by atoms with E-state index in [4.69, 9.17) is 0 Å². The molecule has 0 saturated carbocycles. The van der Waals surface area contributed by atoms with Gasteiger partial charge in [0.15, 0.2) is 0 Å². The first-order valence-corrected chi connectivity index (χ1v) is 6.17. The van der Waals surface area contributed by atoms with Gasteiger partial charge in [0, 0.05) is 18.5 Å². The molecule has 2 aromatic rings. The first-order valence-electron chi connectivity index (χ1n) is 6.17. The fraction of sp³-hybridized carbons (Fsp3) is 0.235. The van der Waals surface area contributed by atoms with Crippen LogP contribution in [0.4, 0.5) is 5.69 Å². The minimum atomic E-state index is -0.0295. The number of benzene rings is 2. The summed E-state index contributed by atoms with van der Waals surface area (Å²) in [5.41, 5.74) is 6.14. The Morgan fingerprint density at radius 1 is 1.05 bits per heavy atom. The summed E-state index contributed by atoms with van der Waals surface area (Å²) in [6, 6.07) is 14.6. The Bertz CT molecular complexity index is 631. The number of amides is 1. The molecular formula is C17H19NO. The fourth-order valence-electron chi connectivity index (χ4n) is 2.73. The number of nitrogens with one attached hydrogen (secondary N) is 1. The maximum Gasteiger partial charge on any atom is 0.221 e. The molecule has 0 spiro atoms. The van der Waals surface area contributed by atoms with Gasteiger partial charge >= 0.3 is 0 Å². The molecule has 0 radical (unpaired) electrons. The summed E-state index contributed by atoms with van der Waals surface area (Å²) in [5.74, 6) is 0.364. The number of carbonyl (C=O) groups is 1. The SMILES string of the molecule is C.CC(=O)Nc1ccc2c(c1)C(C)c1ccccc1-2. The van der Waals surface area contributed by atoms with E-state index >= 15 is 0 Å². The van der Waals surface area contributed by atoms with Crippen molar-refractivity contribution >= 4 is 11.6 Å². The molecule has 98 valence electrons. The van der Waals surface area contributed by atoms with Crippen LogP contribution in [0.25, 0.3) is 11.1 Å². The average Bonchev–Trinajstić information content (AvgIpc) is 2.63. The molecule has 1 atom stereocenters. The second kappa shape index (κ2) is 4.88. The van der Waals surface area contributed by atoms with Crippen molar-refractivity contribution in [2.24, 2.45) is 0 Å². The van der Waals surface area contributed by atoms with Crippen LogP contribution < -0.4 is 5.32 Å². The van der Waals surface area contributed by atoms with Crippen LogP contribution in [-0.2, 0) is 4.79 Å². The van der Waals surface area contributed by atoms with Crippen LogP contribution in [0.3, 0.4) is 0 Å². The standard InChI is InChI=1S/C16H15NO.CH4/c1-10-13-5-3-4-6-14(13)15-8-7-12(9-16(10)15)17-11(2)18;/h3-10H,1-2H3,(H,17,18);1H4. The molecular weight excluding hydrogens is 234 g/mol. The lowest BCUT2D eigenvalue weighted by atomic mass is 9.99. The van der Waals surface area contributed by atoms with E-state index in [1.54, 1.807) is 0 Å². The quantitative estimate of drug-likeness (QED) is 0.801. The number of carbonyl (C=O) groups excluding carboxylic acids is 1. The third kappa shape index (κ3) is 2.14. The van der Waals surface area contributed by atoms with Gasteiger partial charge in [0.25, 0.3) is 0 Å². The molecule has 1 aliphatic rings. The number of fused-ring (bicyclic) bond motifs is 3. The van der Waals surface area contributed by atoms with Crippen molar-refractivity contribution < 1.29 is 4.79 Å². The zero-order chi connectivity index (χ0) is 12.7. The van der Waals surface area contributed by atoms with Crippen LogP contribution in [0, 0.1) is 0 Å². The largest absolute Gasteiger partial charge is 0.326 e. The minimum Gasteiger partial charge on any atom is -0.326 e. The summed E-state index contributed by atoms with van der Waals surface area (Å²) >= 11 is 0. The van der Waals surface area contributed by atoms with Crippen LogP contribution in [0.15, 0.2) is 42.5 Å². The molecule has 0 fully saturated rings. The lowest BCUT2D eigenvalue weighted by molar-refractivity contribution is -0.114. The van der Waals surface area contributed by atoms with Crippen molar-refractivity contribution in [3.05, 3.63) is 53.6 Å². The van der Waals surface area contributed by atoms with E-state index in [2.05, 4.69) is 48.6 Å². The minimum absolute atomic E-state index is 0. The van der Waals surface area contributed by atoms with Crippen LogP contribution in [0.2, 0.25) is 0 Å². The number of hydrogen-bond donors (Lipinski definition) is 1. The average molecular weight is 253 g/mol. The Balaban J connectivity index is 0.00000133. The zero-order valence-electron chi connectivity index (χ0n) is 10.5. The van der Waals surface area contributed by atoms with Gasteiger partial charge < -0.3 is 5.32 Å². The second-order valence-corrected chi connectivity index (χ2v) is 4.79. The number of anilines is 1. The summed E-state index contributed by atoms with van der Waals surface area (Å²) in [6.07, 6.45) is 0. The molecule has 2 aromatic carbocycles. The fourth-order valence-corrected chi connectivity index (χ4v) is 2.73. The molecule has 3 rings (SSSR count). The Kier molecular flexibility index (Phi) is 3.43. The zero-order valence-corrected chi connectivity index (χ0v) is 10.5. The Morgan fingerprint density at radius 3 is 2.47 bits per heavy atom. The lowest BCUT2D eigenvalue weighted by Crippen LogP contribution is -2.06. The van der Waals surface area contributed by atoms with E-state index in [0.717, 1.165) is 5.69 Å². The topological polar surface area (TPSA) is 29.1 Å². The summed E-state index contributed by atoms with van der Waals surface area (Å²) in [4.78, 5) is 11.1. The molecule has 0 bridgehead atoms. The molecule has 1 aliphatic carbocycles. The first kappa shape index (κ1) is 13.3. The van der Waals surface area contributed by atoms with E-state index < -0.39 is 0 Å². The van der Waals surface area contributed by atoms with Gasteiger partial charge in [-0.25, -0.2) is 0 Å². The molecule has 1 unspecified atom stereocenters. The van der Waals surface area contributed by atoms with Crippen molar-refractivity contribution in [1.82, 2.24) is 0 Å². The van der Waals surface area contributed by atoms with E-state index in [0.29, 0.717) is 5.92 Å². The normalized spacial score (nSPS) is 15.2. The van der Waals surface area contributed by atoms with Gasteiger partial charge in [0.2, 0.25) is 5.91 Å². The molecule has 2 nitrogen and oxygen atoms in total. The number of rotatable bonds is 1. The molecule has 0 saturated heterocycles. The molecule has 1 amide bonds. The summed E-state index contributed by atoms with van der Waals surface area (Å²) in [6.45, 7) is 3.74. The van der Waals surface area contributed by atoms with Crippen LogP contribution in [-0.4, -0.2) is 5.91 Å². The lowest BCUT2D eigenvalue weighted by Gasteiger charge is -2.08. The van der Waals surface area contributed by atoms with Gasteiger partial charge in [-0.1, -0.05) is 44.7 Å². The van der Waals surface area contributed by atoms with Crippen molar-refractivity contribution in [1.29, 1.82) is 0 Å². The molecule has 2 heteroatoms. The van der Waals surface area contributed by atoms with Crippen molar-refractivity contribution in [2.45, 2.75) is 27.2 Å². The van der Waals surface area contributed by atoms with Crippen molar-refractivity contribution in [2.75, 3.05) is 5.32 Å². The van der Waals surface area contributed by atoms with Gasteiger partial charge in [0.1, 0.15) is 0 Å². The van der Waals surface area contributed by atoms with E-state index in [9.17, 15) is 4.79 Å². The first-order chi connectivity index (χ1) is 8.66. The Hall–Kier alpha value is -2.09. The predicted molar refractivity (Wildman–Crippen MR) is 80.4 cm³/mol. The van der Waals surface area contributed by atoms with Crippen LogP contribution in [0.1, 0.15) is 38.3 Å². The van der Waals surface area contributed by atoms with Crippen LogP contribution in [0.5, 0.6) is 0 Å². The maximum absolute atomic E-state index is 11.1. The third-order valence-electron chi connectivity index (χ3n) is 3.56. The van der Waals surface area contributed by atoms with Gasteiger partial charge in [-0.05, 0) is 34.4 Å². The van der Waals surface area contributed by atoms with Crippen molar-refractivity contribution in [3.8, 4) is 11.1 Å². The van der Waals surface area contributed by atoms with Gasteiger partial charge in [-0.2, -0.15) is 0 Å². The van der Waals surface area contributed by atoms with Gasteiger partial charge in [-0.15, -0.1) is 0 Å². The molecule has 0 heterocycles. The van der Waals surface area contributed by atoms with Crippen LogP contribution >= 0.6 is 0 Å². The predicted octanol–water partition coefficient (Wildman–Crippen LogP) is 4.41. The summed E-state index contributed by atoms with van der Waals surface area (Å²) < 4.78 is 0. The highest BCUT2D eigenvalue weighted by atomic mass is 16.1. The van der Waals surface area contributed by atoms with Crippen molar-refractivity contribution in [3.63, 3.8) is 0 Å². The molecule has 0 aromatic heterocycles. The third-order valence-corrected chi connectivity index (χ3v) is 3.56. The monoisotopic (exact) mass is 253 g/mol. The van der Waals surface area contributed by atoms with E-state index in [-0.39, 0.29) is 13.3 Å². The molecule has 0 aliphatic heterocycles. The Morgan fingerprint density at radius 2 is 1.74 bits per heavy atom. The number of hydrogen-bond acceptors (Lipinski definition) is 1. The highest BCUT2D eigenvalue weighted by Gasteiger charge is 2.24. The second-order valence-electron chi connectivity index (χ2n) is 4.79. The van der Waals surface area contributed by atoms with E-state index in [1.165, 1.54) is 29.2 Å². The van der Waals surface area contributed by atoms with Gasteiger partial charge in [0.05, 0.1) is 0 Å². The smallest absolute Gasteiger partial charge is 0.221 e. The summed E-state index contributed by atoms with van der Waals surface area (Å²) in [5, 5.41) is 2.84.